The predicted molar refractivity (Wildman–Crippen MR) is 169 cm³/mol. The zero-order valence-corrected chi connectivity index (χ0v) is 28.2. The second-order valence-electron chi connectivity index (χ2n) is 9.25. The Balaban J connectivity index is -0.000000778. The molecule has 44 heavy (non-hydrogen) atoms. The molecule has 0 saturated carbocycles. The summed E-state index contributed by atoms with van der Waals surface area (Å²) in [5.41, 5.74) is 0. The van der Waals surface area contributed by atoms with Gasteiger partial charge >= 0.3 is 23.9 Å². The van der Waals surface area contributed by atoms with Crippen LogP contribution >= 0.6 is 0 Å². The van der Waals surface area contributed by atoms with Gasteiger partial charge in [0.25, 0.3) is 6.47 Å². The third-order valence-electron chi connectivity index (χ3n) is 5.74. The van der Waals surface area contributed by atoms with Gasteiger partial charge in [-0.2, -0.15) is 0 Å². The third-order valence-corrected chi connectivity index (χ3v) is 5.74. The Labute approximate surface area is 265 Å². The van der Waals surface area contributed by atoms with E-state index in [1.807, 2.05) is 37.5 Å². The maximum absolute atomic E-state index is 11.5. The molecule has 12 nitrogen and oxygen atoms in total. The number of methoxy groups -OCH3 is 1. The van der Waals surface area contributed by atoms with Gasteiger partial charge in [0.2, 0.25) is 0 Å². The zero-order chi connectivity index (χ0) is 33.8. The molecular weight excluding hydrogens is 572 g/mol. The molecule has 0 N–H and O–H groups in total. The number of unbranched alkanes of at least 4 members (excludes halogenated alkanes) is 6. The molecule has 0 aromatic rings. The van der Waals surface area contributed by atoms with E-state index in [1.54, 1.807) is 12.4 Å². The molecule has 0 aliphatic rings. The Morgan fingerprint density at radius 1 is 0.523 bits per heavy atom. The summed E-state index contributed by atoms with van der Waals surface area (Å²) in [7, 11) is 1.31. The van der Waals surface area contributed by atoms with Crippen LogP contribution in [-0.2, 0) is 47.7 Å². The molecule has 0 radical (unpaired) electrons. The van der Waals surface area contributed by atoms with Crippen LogP contribution in [0.2, 0.25) is 0 Å². The molecule has 0 rings (SSSR count). The number of carbonyl (C=O) groups excluding carboxylic acids is 5. The number of hydrogen-bond acceptors (Lipinski definition) is 12. The number of ether oxygens (including phenoxy) is 5. The average molecular weight is 631 g/mol. The van der Waals surface area contributed by atoms with Crippen molar-refractivity contribution in [1.29, 1.82) is 0 Å². The van der Waals surface area contributed by atoms with E-state index in [4.69, 9.17) is 23.7 Å². The first-order chi connectivity index (χ1) is 21.1. The minimum atomic E-state index is -0.300. The smallest absolute Gasteiger partial charge is 0.332 e. The van der Waals surface area contributed by atoms with Crippen molar-refractivity contribution in [2.24, 2.45) is 0 Å². The Morgan fingerprint density at radius 2 is 0.795 bits per heavy atom. The van der Waals surface area contributed by atoms with Gasteiger partial charge in [-0.15, -0.1) is 0 Å². The van der Waals surface area contributed by atoms with Crippen molar-refractivity contribution in [3.63, 3.8) is 0 Å². The third kappa shape index (κ3) is 38.4. The molecule has 0 fully saturated rings. The average Bonchev–Trinajstić information content (AvgIpc) is 3.01. The maximum atomic E-state index is 11.5. The summed E-state index contributed by atoms with van der Waals surface area (Å²) < 4.78 is 23.7. The molecule has 0 spiro atoms. The van der Waals surface area contributed by atoms with E-state index < -0.39 is 0 Å². The lowest BCUT2D eigenvalue weighted by molar-refractivity contribution is -0.142. The second kappa shape index (κ2) is 35.6. The fraction of sp³-hybridized carbons (Fsp3) is 0.719. The summed E-state index contributed by atoms with van der Waals surface area (Å²) in [5, 5.41) is 0. The molecule has 256 valence electrons. The molecule has 0 aromatic heterocycles. The molecule has 0 saturated heterocycles. The van der Waals surface area contributed by atoms with Crippen molar-refractivity contribution in [2.75, 3.05) is 59.7 Å². The molecule has 0 atom stereocenters. The first kappa shape index (κ1) is 44.9. The van der Waals surface area contributed by atoms with Crippen LogP contribution in [0.1, 0.15) is 92.9 Å². The molecule has 0 aromatic carbocycles. The quantitative estimate of drug-likeness (QED) is 0.0504. The van der Waals surface area contributed by atoms with Gasteiger partial charge in [-0.1, -0.05) is 0 Å². The lowest BCUT2D eigenvalue weighted by Gasteiger charge is -2.14. The van der Waals surface area contributed by atoms with Crippen LogP contribution in [0.25, 0.3) is 0 Å². The Hall–Kier alpha value is -3.57. The number of nitrogens with zero attached hydrogens (tertiary/aromatic N) is 2. The highest BCUT2D eigenvalue weighted by molar-refractivity contribution is 5.82. The van der Waals surface area contributed by atoms with Gasteiger partial charge in [-0.25, -0.2) is 9.59 Å². The summed E-state index contributed by atoms with van der Waals surface area (Å²) in [5.74, 6) is -1.06. The minimum absolute atomic E-state index is 0.232. The van der Waals surface area contributed by atoms with Gasteiger partial charge in [0.15, 0.2) is 0 Å². The van der Waals surface area contributed by atoms with E-state index in [1.165, 1.54) is 33.1 Å². The highest BCUT2D eigenvalue weighted by Crippen LogP contribution is 2.02. The minimum Gasteiger partial charge on any atom is -0.471 e. The van der Waals surface area contributed by atoms with E-state index >= 15 is 0 Å². The molecular formula is C32H58N2O10. The van der Waals surface area contributed by atoms with Gasteiger partial charge in [-0.3, -0.25) is 14.4 Å². The summed E-state index contributed by atoms with van der Waals surface area (Å²) in [4.78, 5) is 56.8. The van der Waals surface area contributed by atoms with Gasteiger partial charge in [0, 0.05) is 64.6 Å². The second-order valence-corrected chi connectivity index (χ2v) is 9.25. The van der Waals surface area contributed by atoms with Crippen molar-refractivity contribution in [1.82, 2.24) is 9.80 Å². The molecule has 0 heterocycles. The molecule has 0 unspecified atom stereocenters. The monoisotopic (exact) mass is 630 g/mol. The molecule has 0 bridgehead atoms. The Kier molecular flexibility index (Phi) is 36.3. The van der Waals surface area contributed by atoms with Gasteiger partial charge in [0.1, 0.15) is 0 Å². The van der Waals surface area contributed by atoms with Crippen molar-refractivity contribution in [3.8, 4) is 0 Å². The predicted octanol–water partition coefficient (Wildman–Crippen LogP) is 4.81. The van der Waals surface area contributed by atoms with Crippen LogP contribution in [0.5, 0.6) is 0 Å². The number of esters is 4. The normalized spacial score (nSPS) is 10.1. The zero-order valence-electron chi connectivity index (χ0n) is 28.2. The number of rotatable bonds is 23. The van der Waals surface area contributed by atoms with Gasteiger partial charge < -0.3 is 33.5 Å². The van der Waals surface area contributed by atoms with Crippen molar-refractivity contribution in [3.05, 3.63) is 24.6 Å². The highest BCUT2D eigenvalue weighted by Gasteiger charge is 2.01. The SMILES string of the molecule is CC(=O)OCCCCCCOC(C)=O.CCN(/C=C/C(=O)OCCCCCCOC(=O)/C=C/N(CC)CC)CC.COC=O. The van der Waals surface area contributed by atoms with Gasteiger partial charge in [0.05, 0.1) is 33.5 Å². The van der Waals surface area contributed by atoms with Crippen molar-refractivity contribution >= 4 is 30.3 Å². The van der Waals surface area contributed by atoms with Crippen LogP contribution in [0.3, 0.4) is 0 Å². The van der Waals surface area contributed by atoms with Crippen molar-refractivity contribution in [2.45, 2.75) is 92.9 Å². The Morgan fingerprint density at radius 3 is 1.02 bits per heavy atom. The topological polar surface area (TPSA) is 138 Å². The lowest BCUT2D eigenvalue weighted by atomic mass is 10.2. The van der Waals surface area contributed by atoms with E-state index in [2.05, 4.69) is 4.74 Å². The van der Waals surface area contributed by atoms with E-state index in [9.17, 15) is 19.2 Å². The van der Waals surface area contributed by atoms with E-state index in [-0.39, 0.29) is 23.9 Å². The molecule has 12 heteroatoms. The summed E-state index contributed by atoms with van der Waals surface area (Å²) in [6.45, 7) is 16.7. The molecule has 0 aliphatic carbocycles. The first-order valence-corrected chi connectivity index (χ1v) is 15.5. The van der Waals surface area contributed by atoms with Crippen LogP contribution in [0.15, 0.2) is 24.6 Å². The molecule has 0 amide bonds. The van der Waals surface area contributed by atoms with E-state index in [0.29, 0.717) is 32.9 Å². The van der Waals surface area contributed by atoms with Crippen LogP contribution in [0.4, 0.5) is 0 Å². The summed E-state index contributed by atoms with van der Waals surface area (Å²) in [6, 6.07) is 0. The van der Waals surface area contributed by atoms with Crippen molar-refractivity contribution < 1.29 is 47.7 Å². The fourth-order valence-electron chi connectivity index (χ4n) is 3.19. The maximum Gasteiger partial charge on any atom is 0.332 e. The van der Waals surface area contributed by atoms with Crippen LogP contribution < -0.4 is 0 Å². The number of hydrogen-bond donors (Lipinski definition) is 0. The standard InChI is InChI=1S/C20H36N2O4.C10H18O4.C2H4O2/c1-5-21(6-2)15-13-19(23)25-17-11-9-10-12-18-26-20(24)14-16-22(7-3)8-4;1-9(11)13-7-5-3-4-6-8-14-10(2)12;1-4-2-3/h13-16H,5-12,17-18H2,1-4H3;3-8H2,1-2H3;2H,1H3/b15-13+,16-14+;;. The summed E-state index contributed by atoms with van der Waals surface area (Å²) >= 11 is 0. The van der Waals surface area contributed by atoms with Crippen LogP contribution in [-0.4, -0.2) is 99.9 Å². The number of carbonyl (C=O) groups is 5. The van der Waals surface area contributed by atoms with Crippen LogP contribution in [0, 0.1) is 0 Å². The molecule has 0 aliphatic heterocycles. The largest absolute Gasteiger partial charge is 0.471 e. The summed E-state index contributed by atoms with van der Waals surface area (Å²) in [6.07, 6.45) is 13.7. The fourth-order valence-corrected chi connectivity index (χ4v) is 3.19. The first-order valence-electron chi connectivity index (χ1n) is 15.5. The highest BCUT2D eigenvalue weighted by atomic mass is 16.5. The van der Waals surface area contributed by atoms with Gasteiger partial charge in [-0.05, 0) is 79.1 Å². The van der Waals surface area contributed by atoms with E-state index in [0.717, 1.165) is 77.5 Å². The Bertz CT molecular complexity index is 719. The lowest BCUT2D eigenvalue weighted by Crippen LogP contribution is -2.16.